The second kappa shape index (κ2) is 5.24. The number of aromatic nitrogens is 4. The van der Waals surface area contributed by atoms with Crippen LogP contribution >= 0.6 is 0 Å². The van der Waals surface area contributed by atoms with Gasteiger partial charge in [-0.05, 0) is 43.2 Å². The van der Waals surface area contributed by atoms with Crippen molar-refractivity contribution < 1.29 is 5.52 Å². The van der Waals surface area contributed by atoms with Gasteiger partial charge in [0.15, 0.2) is 0 Å². The molecule has 2 heterocycles. The van der Waals surface area contributed by atoms with Crippen molar-refractivity contribution in [2.24, 2.45) is 0 Å². The van der Waals surface area contributed by atoms with Crippen LogP contribution in [0.5, 0.6) is 0 Å². The van der Waals surface area contributed by atoms with Crippen molar-refractivity contribution in [1.29, 1.82) is 0 Å². The lowest BCUT2D eigenvalue weighted by Crippen LogP contribution is -2.09. The Kier molecular flexibility index (Phi) is 2.24. The molecule has 0 saturated heterocycles. The average Bonchev–Trinajstić information content (AvgIpc) is 3.13. The number of hydrogen-bond donors (Lipinski definition) is 2. The van der Waals surface area contributed by atoms with Crippen LogP contribution in [-0.4, -0.2) is 33.3 Å². The van der Waals surface area contributed by atoms with E-state index in [0.29, 0.717) is 18.3 Å². The fourth-order valence-corrected chi connectivity index (χ4v) is 2.21. The van der Waals surface area contributed by atoms with Crippen LogP contribution in [0.25, 0.3) is 10.9 Å². The highest BCUT2D eigenvalue weighted by Gasteiger charge is 2.05. The van der Waals surface area contributed by atoms with Crippen LogP contribution in [0.4, 0.5) is 0 Å². The first-order valence-electron chi connectivity index (χ1n) is 8.06. The van der Waals surface area contributed by atoms with E-state index in [0.717, 1.165) is 22.0 Å². The van der Waals surface area contributed by atoms with E-state index in [4.69, 9.17) is 5.52 Å². The highest BCUT2D eigenvalue weighted by molar-refractivity contribution is 5.83. The minimum atomic E-state index is -2.38. The molecule has 0 aliphatic heterocycles. The van der Waals surface area contributed by atoms with Gasteiger partial charge >= 0.3 is 0 Å². The third kappa shape index (κ3) is 2.51. The van der Waals surface area contributed by atoms with Gasteiger partial charge in [-0.2, -0.15) is 5.10 Å². The zero-order valence-corrected chi connectivity index (χ0v) is 10.4. The van der Waals surface area contributed by atoms with E-state index in [-0.39, 0.29) is 6.54 Å². The van der Waals surface area contributed by atoms with E-state index in [1.807, 2.05) is 18.3 Å². The van der Waals surface area contributed by atoms with Crippen LogP contribution in [0.2, 0.25) is 1.41 Å². The largest absolute Gasteiger partial charge is 0.361 e. The second-order valence-electron chi connectivity index (χ2n) is 4.42. The minimum Gasteiger partial charge on any atom is -0.361 e. The van der Waals surface area contributed by atoms with Gasteiger partial charge in [0.05, 0.1) is 6.54 Å². The first-order chi connectivity index (χ1) is 10.9. The molecule has 5 heteroatoms. The van der Waals surface area contributed by atoms with Crippen molar-refractivity contribution in [2.75, 3.05) is 13.5 Å². The Labute approximate surface area is 117 Å². The lowest BCUT2D eigenvalue weighted by Gasteiger charge is -2.03. The van der Waals surface area contributed by atoms with Gasteiger partial charge < -0.3 is 10.3 Å². The Bertz CT molecular complexity index is 778. The SMILES string of the molecule is [2H]N(CCc1c[nH]c2ccc(Cn3cncn3)cc12)C([2H])([2H])[2H]. The average molecular weight is 259 g/mol. The summed E-state index contributed by atoms with van der Waals surface area (Å²) in [7, 11) is 0. The van der Waals surface area contributed by atoms with E-state index in [2.05, 4.69) is 21.1 Å². The molecular formula is C14H17N5. The number of H-pyrrole nitrogens is 1. The van der Waals surface area contributed by atoms with E-state index in [1.165, 1.54) is 6.33 Å². The van der Waals surface area contributed by atoms with Crippen molar-refractivity contribution in [1.82, 2.24) is 25.1 Å². The van der Waals surface area contributed by atoms with E-state index >= 15 is 0 Å². The number of aromatic amines is 1. The van der Waals surface area contributed by atoms with Crippen LogP contribution in [0, 0.1) is 0 Å². The highest BCUT2D eigenvalue weighted by Crippen LogP contribution is 2.20. The van der Waals surface area contributed by atoms with Crippen LogP contribution < -0.4 is 5.31 Å². The monoisotopic (exact) mass is 259 g/mol. The summed E-state index contributed by atoms with van der Waals surface area (Å²) in [5.41, 5.74) is 3.08. The molecule has 0 radical (unpaired) electrons. The molecule has 0 bridgehead atoms. The molecule has 0 aliphatic carbocycles. The van der Waals surface area contributed by atoms with Gasteiger partial charge in [0.25, 0.3) is 0 Å². The van der Waals surface area contributed by atoms with Gasteiger partial charge in [-0.3, -0.25) is 0 Å². The van der Waals surface area contributed by atoms with E-state index < -0.39 is 6.98 Å². The summed E-state index contributed by atoms with van der Waals surface area (Å²) < 4.78 is 31.0. The van der Waals surface area contributed by atoms with Gasteiger partial charge in [0, 0.05) is 21.2 Å². The Hall–Kier alpha value is -2.14. The minimum absolute atomic E-state index is 0.150. The number of nitrogens with one attached hydrogen (secondary N) is 2. The van der Waals surface area contributed by atoms with Gasteiger partial charge in [0.2, 0.25) is 0 Å². The van der Waals surface area contributed by atoms with Crippen molar-refractivity contribution in [2.45, 2.75) is 13.0 Å². The molecule has 3 rings (SSSR count). The van der Waals surface area contributed by atoms with Gasteiger partial charge in [-0.15, -0.1) is 0 Å². The Morgan fingerprint density at radius 3 is 3.37 bits per heavy atom. The van der Waals surface area contributed by atoms with Crippen LogP contribution in [0.1, 0.15) is 15.2 Å². The lowest BCUT2D eigenvalue weighted by atomic mass is 10.1. The quantitative estimate of drug-likeness (QED) is 0.731. The normalized spacial score (nSPS) is 15.2. The molecule has 0 atom stereocenters. The Balaban J connectivity index is 1.78. The number of fused-ring (bicyclic) bond motifs is 1. The predicted octanol–water partition coefficient (Wildman–Crippen LogP) is 1.57. The first-order valence-corrected chi connectivity index (χ1v) is 6.11. The Morgan fingerprint density at radius 1 is 1.53 bits per heavy atom. The predicted molar refractivity (Wildman–Crippen MR) is 75.1 cm³/mol. The Morgan fingerprint density at radius 2 is 2.53 bits per heavy atom. The molecule has 0 aliphatic rings. The maximum atomic E-state index is 7.55. The molecule has 1 aromatic carbocycles. The zero-order chi connectivity index (χ0) is 16.4. The number of rotatable bonds is 5. The summed E-state index contributed by atoms with van der Waals surface area (Å²) in [4.78, 5) is 7.11. The second-order valence-corrected chi connectivity index (χ2v) is 4.42. The fraction of sp³-hybridized carbons (Fsp3) is 0.286. The number of likely N-dealkylation sites (N-methyl/N-ethyl adjacent to an activating group) is 1. The molecule has 98 valence electrons. The van der Waals surface area contributed by atoms with E-state index in [9.17, 15) is 0 Å². The molecule has 3 aromatic rings. The van der Waals surface area contributed by atoms with Crippen LogP contribution in [0.15, 0.2) is 37.1 Å². The molecule has 0 unspecified atom stereocenters. The maximum Gasteiger partial charge on any atom is 0.137 e. The molecule has 2 aromatic heterocycles. The van der Waals surface area contributed by atoms with Crippen molar-refractivity contribution in [3.8, 4) is 0 Å². The molecule has 2 N–H and O–H groups in total. The molecule has 19 heavy (non-hydrogen) atoms. The third-order valence-electron chi connectivity index (χ3n) is 3.14. The van der Waals surface area contributed by atoms with Gasteiger partial charge in [-0.25, -0.2) is 9.67 Å². The smallest absolute Gasteiger partial charge is 0.137 e. The summed E-state index contributed by atoms with van der Waals surface area (Å²) in [6.45, 7) is -1.61. The van der Waals surface area contributed by atoms with Crippen molar-refractivity contribution >= 4 is 10.9 Å². The third-order valence-corrected chi connectivity index (χ3v) is 3.14. The topological polar surface area (TPSA) is 58.5 Å². The highest BCUT2D eigenvalue weighted by atomic mass is 15.3. The number of benzene rings is 1. The lowest BCUT2D eigenvalue weighted by molar-refractivity contribution is 0.685. The van der Waals surface area contributed by atoms with Crippen LogP contribution in [-0.2, 0) is 13.0 Å². The zero-order valence-electron chi connectivity index (χ0n) is 14.4. The molecule has 0 fully saturated rings. The summed E-state index contributed by atoms with van der Waals surface area (Å²) in [5, 5.41) is 5.78. The van der Waals surface area contributed by atoms with E-state index in [1.54, 1.807) is 11.0 Å². The van der Waals surface area contributed by atoms with Crippen LogP contribution in [0.3, 0.4) is 0 Å². The van der Waals surface area contributed by atoms with Crippen molar-refractivity contribution in [3.05, 3.63) is 48.2 Å². The molecular weight excluding hydrogens is 238 g/mol. The maximum absolute atomic E-state index is 7.55. The molecule has 0 amide bonds. The molecule has 0 saturated carbocycles. The summed E-state index contributed by atoms with van der Waals surface area (Å²) in [6, 6.07) is 6.07. The number of hydrogen-bond acceptors (Lipinski definition) is 3. The molecule has 5 nitrogen and oxygen atoms in total. The first kappa shape index (κ1) is 8.12. The fourth-order valence-electron chi connectivity index (χ4n) is 2.21. The standard InChI is InChI=1S/C14H17N5/c1-15-5-4-12-7-17-14-3-2-11(6-13(12)14)8-19-10-16-9-18-19/h2-3,6-7,9-10,15,17H,4-5,8H2,1H3/i1D3/hD. The number of nitrogens with zero attached hydrogens (tertiary/aromatic N) is 3. The van der Waals surface area contributed by atoms with Gasteiger partial charge in [-0.1, -0.05) is 6.07 Å². The summed E-state index contributed by atoms with van der Waals surface area (Å²) in [6.07, 6.45) is 5.53. The van der Waals surface area contributed by atoms with Crippen molar-refractivity contribution in [3.63, 3.8) is 0 Å². The summed E-state index contributed by atoms with van der Waals surface area (Å²) >= 11 is 0. The van der Waals surface area contributed by atoms with Gasteiger partial charge in [0.1, 0.15) is 14.1 Å². The molecule has 0 spiro atoms. The summed E-state index contributed by atoms with van der Waals surface area (Å²) in [5.74, 6) is 0.